The number of benzene rings is 1. The molecule has 226 valence electrons. The van der Waals surface area contributed by atoms with Crippen LogP contribution in [0, 0.1) is 5.92 Å². The third-order valence-electron chi connectivity index (χ3n) is 6.03. The Morgan fingerprint density at radius 3 is 2.20 bits per heavy atom. The quantitative estimate of drug-likeness (QED) is 0.166. The highest BCUT2D eigenvalue weighted by Gasteiger charge is 2.26. The summed E-state index contributed by atoms with van der Waals surface area (Å²) in [5.74, 6) is 3.64. The summed E-state index contributed by atoms with van der Waals surface area (Å²) in [7, 11) is 3.38. The van der Waals surface area contributed by atoms with Gasteiger partial charge in [0.25, 0.3) is 0 Å². The summed E-state index contributed by atoms with van der Waals surface area (Å²) in [6.07, 6.45) is 11.9. The fraction of sp³-hybridized carbons (Fsp3) is 0.515. The number of carbonyl (C=O) groups is 1. The van der Waals surface area contributed by atoms with Crippen LogP contribution in [0.25, 0.3) is 0 Å². The van der Waals surface area contributed by atoms with Crippen LogP contribution in [-0.4, -0.2) is 50.0 Å². The predicted molar refractivity (Wildman–Crippen MR) is 179 cm³/mol. The molecule has 1 N–H and O–H groups in total. The van der Waals surface area contributed by atoms with E-state index in [0.29, 0.717) is 11.8 Å². The van der Waals surface area contributed by atoms with Crippen molar-refractivity contribution in [1.29, 1.82) is 0 Å². The lowest BCUT2D eigenvalue weighted by Crippen LogP contribution is -2.18. The highest BCUT2D eigenvalue weighted by atomic mass is 32.2. The Kier molecular flexibility index (Phi) is 26.9. The maximum Gasteiger partial charge on any atom is 0.118 e. The van der Waals surface area contributed by atoms with Crippen molar-refractivity contribution in [3.05, 3.63) is 76.1 Å². The molecule has 0 amide bonds. The second kappa shape index (κ2) is 27.0. The predicted octanol–water partition coefficient (Wildman–Crippen LogP) is 9.70. The van der Waals surface area contributed by atoms with Crippen LogP contribution in [0.4, 0.5) is 0 Å². The van der Waals surface area contributed by atoms with E-state index in [9.17, 15) is 5.21 Å². The number of ether oxygens (including phenoxy) is 2. The Hall–Kier alpha value is -2.22. The van der Waals surface area contributed by atoms with E-state index in [-0.39, 0.29) is 0 Å². The molecule has 2 unspecified atom stereocenters. The zero-order valence-corrected chi connectivity index (χ0v) is 27.7. The number of rotatable bonds is 10. The van der Waals surface area contributed by atoms with E-state index in [0.717, 1.165) is 55.3 Å². The average Bonchev–Trinajstić information content (AvgIpc) is 3.00. The van der Waals surface area contributed by atoms with Gasteiger partial charge in [0.15, 0.2) is 0 Å². The average molecular weight is 592 g/mol. The first kappa shape index (κ1) is 39.9. The SMILES string of the molecule is C=C/C=C\C=C(/C)CS/C(SCC)=C1\C(=N\O)CCC(c2ccc(OC)cc2)CCC1C.C=O.CC.CCOC. The fourth-order valence-electron chi connectivity index (χ4n) is 3.96. The normalized spacial score (nSPS) is 19.5. The Bertz CT molecular complexity index is 906. The Labute approximate surface area is 253 Å². The van der Waals surface area contributed by atoms with E-state index in [1.807, 2.05) is 75.4 Å². The molecule has 0 spiro atoms. The molecule has 0 heterocycles. The number of oxime groups is 1. The zero-order chi connectivity index (χ0) is 30.8. The van der Waals surface area contributed by atoms with E-state index in [4.69, 9.17) is 9.53 Å². The summed E-state index contributed by atoms with van der Waals surface area (Å²) in [5.41, 5.74) is 4.75. The van der Waals surface area contributed by atoms with Gasteiger partial charge in [-0.1, -0.05) is 81.4 Å². The minimum atomic E-state index is 0.355. The minimum absolute atomic E-state index is 0.355. The number of carbonyl (C=O) groups excluding carboxylic acids is 1. The first-order chi connectivity index (χ1) is 19.4. The van der Waals surface area contributed by atoms with Gasteiger partial charge in [-0.2, -0.15) is 0 Å². The minimum Gasteiger partial charge on any atom is -0.497 e. The monoisotopic (exact) mass is 591 g/mol. The summed E-state index contributed by atoms with van der Waals surface area (Å²) in [6, 6.07) is 8.42. The highest BCUT2D eigenvalue weighted by molar-refractivity contribution is 8.22. The topological polar surface area (TPSA) is 68.1 Å². The molecule has 1 aliphatic carbocycles. The second-order valence-corrected chi connectivity index (χ2v) is 11.2. The van der Waals surface area contributed by atoms with Crippen molar-refractivity contribution in [2.45, 2.75) is 73.1 Å². The molecule has 2 rings (SSSR count). The lowest BCUT2D eigenvalue weighted by Gasteiger charge is -2.28. The number of methoxy groups -OCH3 is 2. The maximum absolute atomic E-state index is 9.95. The largest absolute Gasteiger partial charge is 0.497 e. The van der Waals surface area contributed by atoms with Crippen molar-refractivity contribution in [1.82, 2.24) is 0 Å². The van der Waals surface area contributed by atoms with Crippen LogP contribution in [0.2, 0.25) is 0 Å². The lowest BCUT2D eigenvalue weighted by atomic mass is 9.80. The van der Waals surface area contributed by atoms with Crippen molar-refractivity contribution in [2.24, 2.45) is 11.1 Å². The Morgan fingerprint density at radius 1 is 1.07 bits per heavy atom. The van der Waals surface area contributed by atoms with Gasteiger partial charge in [0.2, 0.25) is 0 Å². The fourth-order valence-corrected chi connectivity index (χ4v) is 6.49. The van der Waals surface area contributed by atoms with Crippen molar-refractivity contribution in [3.8, 4) is 5.75 Å². The molecule has 1 aromatic rings. The van der Waals surface area contributed by atoms with E-state index in [2.05, 4.69) is 55.5 Å². The van der Waals surface area contributed by atoms with Crippen LogP contribution < -0.4 is 4.74 Å². The molecular formula is C33H53NO4S2. The Balaban J connectivity index is 0. The lowest BCUT2D eigenvalue weighted by molar-refractivity contribution is -0.0980. The molecule has 0 bridgehead atoms. The first-order valence-electron chi connectivity index (χ1n) is 14.0. The molecule has 5 nitrogen and oxygen atoms in total. The summed E-state index contributed by atoms with van der Waals surface area (Å²) in [4.78, 5) is 8.00. The van der Waals surface area contributed by atoms with Crippen LogP contribution in [0.1, 0.15) is 78.7 Å². The standard InChI is InChI=1S/C27H37NO2S2.C3H8O.C2H6.CH2O/c1-6-8-9-10-20(3)19-32-27(31-7-2)26-21(4)11-12-22(15-18-25(26)28-29)23-13-16-24(30-5)17-14-23;1-3-4-2;2*1-2/h6,8-10,13-14,16-17,21-22,29H,1,7,11-12,15,18-19H2,2-5H3;3H2,1-2H3;1-2H3;1H2/b9-8-,20-10+,27-26-,28-25+;;;. The molecule has 0 radical (unpaired) electrons. The number of nitrogens with zero attached hydrogens (tertiary/aromatic N) is 1. The summed E-state index contributed by atoms with van der Waals surface area (Å²) >= 11 is 3.74. The third-order valence-corrected chi connectivity index (χ3v) is 8.59. The van der Waals surface area contributed by atoms with Crippen molar-refractivity contribution < 1.29 is 19.5 Å². The number of thioether (sulfide) groups is 2. The van der Waals surface area contributed by atoms with Gasteiger partial charge in [0, 0.05) is 23.7 Å². The molecule has 0 saturated heterocycles. The van der Waals surface area contributed by atoms with E-state index < -0.39 is 0 Å². The van der Waals surface area contributed by atoms with Crippen molar-refractivity contribution in [2.75, 3.05) is 32.3 Å². The molecule has 1 saturated carbocycles. The zero-order valence-electron chi connectivity index (χ0n) is 26.1. The van der Waals surface area contributed by atoms with Gasteiger partial charge in [0.05, 0.1) is 12.8 Å². The molecule has 2 atom stereocenters. The summed E-state index contributed by atoms with van der Waals surface area (Å²) < 4.78 is 11.2. The Morgan fingerprint density at radius 2 is 1.70 bits per heavy atom. The maximum atomic E-state index is 9.95. The third kappa shape index (κ3) is 16.1. The number of hydrogen-bond acceptors (Lipinski definition) is 7. The van der Waals surface area contributed by atoms with Crippen LogP contribution in [0.5, 0.6) is 5.75 Å². The first-order valence-corrected chi connectivity index (χ1v) is 16.0. The van der Waals surface area contributed by atoms with Crippen LogP contribution in [0.3, 0.4) is 0 Å². The van der Waals surface area contributed by atoms with Crippen LogP contribution in [-0.2, 0) is 9.53 Å². The van der Waals surface area contributed by atoms with Gasteiger partial charge in [-0.3, -0.25) is 0 Å². The second-order valence-electron chi connectivity index (χ2n) is 8.67. The molecule has 40 heavy (non-hydrogen) atoms. The molecule has 1 aromatic carbocycles. The number of hydrogen-bond donors (Lipinski definition) is 1. The smallest absolute Gasteiger partial charge is 0.118 e. The number of allylic oxidation sites excluding steroid dienone is 5. The highest BCUT2D eigenvalue weighted by Crippen LogP contribution is 2.41. The molecule has 7 heteroatoms. The van der Waals surface area contributed by atoms with Gasteiger partial charge in [-0.15, -0.1) is 23.5 Å². The van der Waals surface area contributed by atoms with Crippen molar-refractivity contribution in [3.63, 3.8) is 0 Å². The van der Waals surface area contributed by atoms with Gasteiger partial charge < -0.3 is 19.5 Å². The van der Waals surface area contributed by atoms with E-state index in [1.54, 1.807) is 20.3 Å². The van der Waals surface area contributed by atoms with Gasteiger partial charge in [0.1, 0.15) is 12.5 Å². The van der Waals surface area contributed by atoms with E-state index in [1.165, 1.54) is 20.9 Å². The summed E-state index contributed by atoms with van der Waals surface area (Å²) in [6.45, 7) is 19.1. The van der Waals surface area contributed by atoms with Gasteiger partial charge in [-0.25, -0.2) is 0 Å². The molecule has 0 aromatic heterocycles. The molecule has 0 aliphatic heterocycles. The van der Waals surface area contributed by atoms with Crippen molar-refractivity contribution >= 4 is 36.0 Å². The van der Waals surface area contributed by atoms with E-state index >= 15 is 0 Å². The van der Waals surface area contributed by atoms with Gasteiger partial charge in [-0.05, 0) is 80.4 Å². The van der Waals surface area contributed by atoms with Crippen LogP contribution >= 0.6 is 23.5 Å². The summed E-state index contributed by atoms with van der Waals surface area (Å²) in [5, 5.41) is 13.8. The molecule has 1 aliphatic rings. The molecule has 1 fully saturated rings. The van der Waals surface area contributed by atoms with Crippen LogP contribution in [0.15, 0.2) is 75.7 Å². The molecular weight excluding hydrogens is 539 g/mol. The van der Waals surface area contributed by atoms with Gasteiger partial charge >= 0.3 is 0 Å².